The molecule has 0 saturated heterocycles. The normalized spacial score (nSPS) is 22.8. The summed E-state index contributed by atoms with van der Waals surface area (Å²) < 4.78 is 0. The fraction of sp³-hybridized carbons (Fsp3) is 0.462. The zero-order valence-electron chi connectivity index (χ0n) is 10.7. The Kier molecular flexibility index (Phi) is 3.10. The second kappa shape index (κ2) is 4.77. The lowest BCUT2D eigenvalue weighted by atomic mass is 10.1. The molecule has 3 rings (SSSR count). The van der Waals surface area contributed by atoms with Crippen LogP contribution in [0.1, 0.15) is 35.9 Å². The Hall–Kier alpha value is -1.69. The first kappa shape index (κ1) is 12.3. The first-order valence-corrected chi connectivity index (χ1v) is 7.28. The monoisotopic (exact) mass is 276 g/mol. The molecule has 5 nitrogen and oxygen atoms in total. The number of aromatic nitrogens is 2. The highest BCUT2D eigenvalue weighted by molar-refractivity contribution is 7.21. The minimum atomic E-state index is -0.0962. The Morgan fingerprint density at radius 3 is 2.89 bits per heavy atom. The summed E-state index contributed by atoms with van der Waals surface area (Å²) >= 11 is 1.31. The van der Waals surface area contributed by atoms with Gasteiger partial charge in [0.05, 0.1) is 5.69 Å². The number of anilines is 1. The predicted molar refractivity (Wildman–Crippen MR) is 76.1 cm³/mol. The molecule has 2 heterocycles. The molecule has 1 aliphatic carbocycles. The second-order valence-electron chi connectivity index (χ2n) is 5.04. The second-order valence-corrected chi connectivity index (χ2v) is 6.04. The van der Waals surface area contributed by atoms with Crippen molar-refractivity contribution in [2.45, 2.75) is 32.2 Å². The standard InChI is InChI=1S/C13H16N4OS/c1-7-3-2-4-8(7)17-12(18)11-9(14)10-13(19-11)16-6-5-15-10/h5-8H,2-4,14H2,1H3,(H,17,18). The van der Waals surface area contributed by atoms with E-state index in [-0.39, 0.29) is 11.9 Å². The highest BCUT2D eigenvalue weighted by atomic mass is 32.1. The van der Waals surface area contributed by atoms with Gasteiger partial charge < -0.3 is 11.1 Å². The van der Waals surface area contributed by atoms with E-state index in [0.29, 0.717) is 26.8 Å². The number of amides is 1. The average molecular weight is 276 g/mol. The van der Waals surface area contributed by atoms with Crippen LogP contribution in [0.3, 0.4) is 0 Å². The van der Waals surface area contributed by atoms with Crippen molar-refractivity contribution in [3.63, 3.8) is 0 Å². The average Bonchev–Trinajstić information content (AvgIpc) is 2.95. The molecule has 1 aliphatic rings. The smallest absolute Gasteiger partial charge is 0.263 e. The van der Waals surface area contributed by atoms with E-state index in [9.17, 15) is 4.79 Å². The third kappa shape index (κ3) is 2.16. The number of nitrogen functional groups attached to an aromatic ring is 1. The minimum Gasteiger partial charge on any atom is -0.396 e. The maximum Gasteiger partial charge on any atom is 0.263 e. The van der Waals surface area contributed by atoms with Crippen LogP contribution in [0.5, 0.6) is 0 Å². The lowest BCUT2D eigenvalue weighted by molar-refractivity contribution is 0.0934. The van der Waals surface area contributed by atoms with Crippen LogP contribution in [0.25, 0.3) is 10.3 Å². The van der Waals surface area contributed by atoms with E-state index in [4.69, 9.17) is 5.73 Å². The van der Waals surface area contributed by atoms with Crippen LogP contribution in [0.15, 0.2) is 12.4 Å². The first-order valence-electron chi connectivity index (χ1n) is 6.46. The summed E-state index contributed by atoms with van der Waals surface area (Å²) in [4.78, 5) is 21.9. The van der Waals surface area contributed by atoms with Gasteiger partial charge in [-0.05, 0) is 18.8 Å². The molecule has 0 aliphatic heterocycles. The molecule has 0 radical (unpaired) electrons. The summed E-state index contributed by atoms with van der Waals surface area (Å²) in [5.74, 6) is 0.442. The van der Waals surface area contributed by atoms with Crippen LogP contribution in [-0.4, -0.2) is 21.9 Å². The topological polar surface area (TPSA) is 80.9 Å². The van der Waals surface area contributed by atoms with Crippen LogP contribution in [-0.2, 0) is 0 Å². The summed E-state index contributed by atoms with van der Waals surface area (Å²) in [7, 11) is 0. The molecule has 0 spiro atoms. The molecule has 6 heteroatoms. The van der Waals surface area contributed by atoms with Crippen molar-refractivity contribution in [3.8, 4) is 0 Å². The van der Waals surface area contributed by atoms with Gasteiger partial charge in [-0.3, -0.25) is 4.79 Å². The number of nitrogens with two attached hydrogens (primary N) is 1. The molecule has 0 bridgehead atoms. The fourth-order valence-corrected chi connectivity index (χ4v) is 3.53. The Balaban J connectivity index is 1.87. The maximum absolute atomic E-state index is 12.3. The summed E-state index contributed by atoms with van der Waals surface area (Å²) in [5.41, 5.74) is 7.06. The Morgan fingerprint density at radius 1 is 1.42 bits per heavy atom. The van der Waals surface area contributed by atoms with Crippen LogP contribution in [0.4, 0.5) is 5.69 Å². The van der Waals surface area contributed by atoms with Gasteiger partial charge in [0.25, 0.3) is 5.91 Å². The molecule has 2 aromatic heterocycles. The van der Waals surface area contributed by atoms with Crippen LogP contribution in [0, 0.1) is 5.92 Å². The van der Waals surface area contributed by atoms with E-state index >= 15 is 0 Å². The summed E-state index contributed by atoms with van der Waals surface area (Å²) in [5, 5.41) is 3.08. The van der Waals surface area contributed by atoms with E-state index in [2.05, 4.69) is 22.2 Å². The molecule has 0 aromatic carbocycles. The van der Waals surface area contributed by atoms with Crippen molar-refractivity contribution in [3.05, 3.63) is 17.3 Å². The molecule has 2 aromatic rings. The molecule has 1 amide bonds. The highest BCUT2D eigenvalue weighted by Gasteiger charge is 2.27. The van der Waals surface area contributed by atoms with Gasteiger partial charge in [0.2, 0.25) is 0 Å². The minimum absolute atomic E-state index is 0.0962. The van der Waals surface area contributed by atoms with E-state index in [1.165, 1.54) is 24.2 Å². The van der Waals surface area contributed by atoms with E-state index < -0.39 is 0 Å². The number of carbonyl (C=O) groups excluding carboxylic acids is 1. The number of hydrogen-bond donors (Lipinski definition) is 2. The van der Waals surface area contributed by atoms with Gasteiger partial charge in [-0.15, -0.1) is 11.3 Å². The van der Waals surface area contributed by atoms with Crippen LogP contribution < -0.4 is 11.1 Å². The maximum atomic E-state index is 12.3. The van der Waals surface area contributed by atoms with Crippen molar-refractivity contribution in [2.75, 3.05) is 5.73 Å². The molecule has 19 heavy (non-hydrogen) atoms. The van der Waals surface area contributed by atoms with Crippen molar-refractivity contribution in [2.24, 2.45) is 5.92 Å². The zero-order chi connectivity index (χ0) is 13.4. The first-order chi connectivity index (χ1) is 9.16. The zero-order valence-corrected chi connectivity index (χ0v) is 11.5. The number of thiophene rings is 1. The number of nitrogens with one attached hydrogen (secondary N) is 1. The largest absolute Gasteiger partial charge is 0.396 e. The van der Waals surface area contributed by atoms with E-state index in [1.54, 1.807) is 12.4 Å². The van der Waals surface area contributed by atoms with Gasteiger partial charge in [0.15, 0.2) is 0 Å². The highest BCUT2D eigenvalue weighted by Crippen LogP contribution is 2.31. The quantitative estimate of drug-likeness (QED) is 0.881. The fourth-order valence-electron chi connectivity index (χ4n) is 2.61. The lowest BCUT2D eigenvalue weighted by Crippen LogP contribution is -2.36. The molecule has 100 valence electrons. The SMILES string of the molecule is CC1CCCC1NC(=O)c1sc2nccnc2c1N. The van der Waals surface area contributed by atoms with Crippen molar-refractivity contribution in [1.29, 1.82) is 0 Å². The molecule has 1 fully saturated rings. The number of carbonyl (C=O) groups is 1. The van der Waals surface area contributed by atoms with E-state index in [0.717, 1.165) is 6.42 Å². The Bertz CT molecular complexity index is 624. The number of nitrogens with zero attached hydrogens (tertiary/aromatic N) is 2. The lowest BCUT2D eigenvalue weighted by Gasteiger charge is -2.16. The Morgan fingerprint density at radius 2 is 2.21 bits per heavy atom. The van der Waals surface area contributed by atoms with Gasteiger partial charge in [0, 0.05) is 18.4 Å². The molecule has 2 atom stereocenters. The molecular weight excluding hydrogens is 260 g/mol. The van der Waals surface area contributed by atoms with Crippen molar-refractivity contribution in [1.82, 2.24) is 15.3 Å². The Labute approximate surface area is 115 Å². The van der Waals surface area contributed by atoms with Crippen LogP contribution >= 0.6 is 11.3 Å². The van der Waals surface area contributed by atoms with Crippen molar-refractivity contribution >= 4 is 33.3 Å². The number of rotatable bonds is 2. The predicted octanol–water partition coefficient (Wildman–Crippen LogP) is 2.19. The third-order valence-corrected chi connectivity index (χ3v) is 4.85. The molecule has 1 saturated carbocycles. The van der Waals surface area contributed by atoms with Gasteiger partial charge in [-0.1, -0.05) is 13.3 Å². The van der Waals surface area contributed by atoms with Gasteiger partial charge in [0.1, 0.15) is 15.2 Å². The van der Waals surface area contributed by atoms with Gasteiger partial charge in [-0.2, -0.15) is 0 Å². The molecule has 2 unspecified atom stereocenters. The van der Waals surface area contributed by atoms with Gasteiger partial charge in [-0.25, -0.2) is 9.97 Å². The summed E-state index contributed by atoms with van der Waals surface area (Å²) in [6.45, 7) is 2.18. The number of hydrogen-bond acceptors (Lipinski definition) is 5. The van der Waals surface area contributed by atoms with Gasteiger partial charge >= 0.3 is 0 Å². The summed E-state index contributed by atoms with van der Waals surface area (Å²) in [6.07, 6.45) is 6.60. The van der Waals surface area contributed by atoms with Crippen LogP contribution in [0.2, 0.25) is 0 Å². The molecular formula is C13H16N4OS. The number of fused-ring (bicyclic) bond motifs is 1. The van der Waals surface area contributed by atoms with E-state index in [1.807, 2.05) is 0 Å². The molecule has 3 N–H and O–H groups in total. The summed E-state index contributed by atoms with van der Waals surface area (Å²) in [6, 6.07) is 0.262. The van der Waals surface area contributed by atoms with Crippen molar-refractivity contribution < 1.29 is 4.79 Å². The third-order valence-electron chi connectivity index (χ3n) is 3.75.